The molecule has 0 bridgehead atoms. The van der Waals surface area contributed by atoms with Crippen molar-refractivity contribution in [3.05, 3.63) is 9.31 Å². The molecule has 0 unspecified atom stereocenters. The van der Waals surface area contributed by atoms with Gasteiger partial charge >= 0.3 is 0 Å². The number of nitrogens with one attached hydrogen (secondary N) is 3. The van der Waals surface area contributed by atoms with Crippen molar-refractivity contribution in [3.8, 4) is 0 Å². The SMILES string of the molecule is N=c1s[nH][nH]c1=S.[Ag]. The van der Waals surface area contributed by atoms with Gasteiger partial charge in [-0.3, -0.25) is 15.0 Å². The zero-order valence-corrected chi connectivity index (χ0v) is 6.73. The first-order valence-corrected chi connectivity index (χ1v) is 2.84. The molecular formula is C2H3AgN3S2. The number of hydrogen-bond acceptors (Lipinski definition) is 3. The van der Waals surface area contributed by atoms with E-state index in [0.29, 0.717) is 9.31 Å². The summed E-state index contributed by atoms with van der Waals surface area (Å²) in [6.45, 7) is 0. The maximum atomic E-state index is 6.95. The summed E-state index contributed by atoms with van der Waals surface area (Å²) in [5.74, 6) is 0. The first-order chi connectivity index (χ1) is 3.30. The van der Waals surface area contributed by atoms with Gasteiger partial charge in [-0.2, -0.15) is 0 Å². The predicted molar refractivity (Wildman–Crippen MR) is 29.7 cm³/mol. The van der Waals surface area contributed by atoms with Gasteiger partial charge in [0.15, 0.2) is 9.31 Å². The molecule has 1 heterocycles. The quantitative estimate of drug-likeness (QED) is 0.452. The van der Waals surface area contributed by atoms with E-state index < -0.39 is 0 Å². The van der Waals surface area contributed by atoms with E-state index in [4.69, 9.17) is 5.41 Å². The molecule has 3 N–H and O–H groups in total. The summed E-state index contributed by atoms with van der Waals surface area (Å²) in [6, 6.07) is 0. The van der Waals surface area contributed by atoms with Crippen LogP contribution in [0, 0.1) is 10.0 Å². The van der Waals surface area contributed by atoms with Gasteiger partial charge in [0.25, 0.3) is 0 Å². The summed E-state index contributed by atoms with van der Waals surface area (Å²) < 4.78 is 3.48. The summed E-state index contributed by atoms with van der Waals surface area (Å²) in [5, 5.41) is 9.54. The Labute approximate surface area is 70.3 Å². The molecule has 0 saturated carbocycles. The van der Waals surface area contributed by atoms with E-state index in [9.17, 15) is 0 Å². The topological polar surface area (TPSA) is 55.4 Å². The van der Waals surface area contributed by atoms with Crippen LogP contribution in [-0.4, -0.2) is 9.59 Å². The van der Waals surface area contributed by atoms with Gasteiger partial charge in [0.2, 0.25) is 0 Å². The van der Waals surface area contributed by atoms with Gasteiger partial charge < -0.3 is 0 Å². The summed E-state index contributed by atoms with van der Waals surface area (Å²) in [4.78, 5) is 0. The summed E-state index contributed by atoms with van der Waals surface area (Å²) >= 11 is 5.81. The maximum Gasteiger partial charge on any atom is 0.162 e. The molecule has 1 aromatic heterocycles. The molecule has 6 heteroatoms. The summed E-state index contributed by atoms with van der Waals surface area (Å²) in [6.07, 6.45) is 0. The monoisotopic (exact) mass is 240 g/mol. The van der Waals surface area contributed by atoms with E-state index in [1.165, 1.54) is 11.5 Å². The Morgan fingerprint density at radius 1 is 1.62 bits per heavy atom. The largest absolute Gasteiger partial charge is 0.287 e. The number of rotatable bonds is 0. The fourth-order valence-electron chi connectivity index (χ4n) is 0.226. The average Bonchev–Trinajstić information content (AvgIpc) is 1.91. The molecule has 0 aliphatic carbocycles. The Balaban J connectivity index is 0.000000490. The van der Waals surface area contributed by atoms with Crippen LogP contribution in [0.4, 0.5) is 0 Å². The molecule has 8 heavy (non-hydrogen) atoms. The molecule has 1 aromatic rings. The van der Waals surface area contributed by atoms with Crippen molar-refractivity contribution >= 4 is 23.8 Å². The third-order valence-electron chi connectivity index (χ3n) is 0.524. The Kier molecular flexibility index (Phi) is 3.50. The zero-order chi connectivity index (χ0) is 5.28. The standard InChI is InChI=1S/C2H3N3S2.Ag/c3-1-2(6)4-5-7-1;/h3,5H,(H,4,6);. The first kappa shape index (κ1) is 8.32. The number of aromatic amines is 2. The molecule has 0 aliphatic heterocycles. The second kappa shape index (κ2) is 3.37. The average molecular weight is 241 g/mol. The molecule has 0 amide bonds. The number of hydrogen-bond donors (Lipinski definition) is 3. The number of H-pyrrole nitrogens is 2. The van der Waals surface area contributed by atoms with Gasteiger partial charge in [-0.05, 0) is 11.5 Å². The van der Waals surface area contributed by atoms with Crippen molar-refractivity contribution in [2.75, 3.05) is 0 Å². The van der Waals surface area contributed by atoms with Crippen molar-refractivity contribution in [3.63, 3.8) is 0 Å². The van der Waals surface area contributed by atoms with Crippen LogP contribution in [0.1, 0.15) is 0 Å². The van der Waals surface area contributed by atoms with Crippen LogP contribution in [0.25, 0.3) is 0 Å². The third kappa shape index (κ3) is 1.68. The van der Waals surface area contributed by atoms with Crippen molar-refractivity contribution in [1.82, 2.24) is 9.59 Å². The fourth-order valence-corrected chi connectivity index (χ4v) is 0.866. The predicted octanol–water partition coefficient (Wildman–Crippen LogP) is 0.611. The van der Waals surface area contributed by atoms with Crippen LogP contribution < -0.4 is 4.67 Å². The Morgan fingerprint density at radius 3 is 2.38 bits per heavy atom. The van der Waals surface area contributed by atoms with Gasteiger partial charge in [0, 0.05) is 22.4 Å². The minimum atomic E-state index is 0. The van der Waals surface area contributed by atoms with Crippen molar-refractivity contribution in [2.24, 2.45) is 0 Å². The second-order valence-electron chi connectivity index (χ2n) is 0.987. The van der Waals surface area contributed by atoms with Crippen molar-refractivity contribution < 1.29 is 22.4 Å². The summed E-state index contributed by atoms with van der Waals surface area (Å²) in [5.41, 5.74) is 0. The van der Waals surface area contributed by atoms with E-state index in [1.54, 1.807) is 0 Å². The molecule has 49 valence electrons. The van der Waals surface area contributed by atoms with E-state index in [2.05, 4.69) is 21.8 Å². The molecule has 0 saturated heterocycles. The molecule has 3 nitrogen and oxygen atoms in total. The van der Waals surface area contributed by atoms with Crippen LogP contribution in [0.3, 0.4) is 0 Å². The normalized spacial score (nSPS) is 8.00. The Hall–Kier alpha value is 0.320. The molecule has 1 radical (unpaired) electrons. The van der Waals surface area contributed by atoms with E-state index >= 15 is 0 Å². The molecule has 1 rings (SSSR count). The molecule has 0 atom stereocenters. The Bertz CT molecular complexity index is 220. The molecular weight excluding hydrogens is 238 g/mol. The van der Waals surface area contributed by atoms with Crippen LogP contribution in [0.2, 0.25) is 0 Å². The van der Waals surface area contributed by atoms with Crippen LogP contribution in [-0.2, 0) is 22.4 Å². The third-order valence-corrected chi connectivity index (χ3v) is 1.57. The van der Waals surface area contributed by atoms with Gasteiger partial charge in [-0.15, -0.1) is 0 Å². The Morgan fingerprint density at radius 2 is 2.25 bits per heavy atom. The zero-order valence-electron chi connectivity index (χ0n) is 3.62. The second-order valence-corrected chi connectivity index (χ2v) is 2.21. The molecule has 0 aromatic carbocycles. The number of aromatic nitrogens is 2. The fraction of sp³-hybridized carbons (Fsp3) is 0. The maximum absolute atomic E-state index is 6.95. The first-order valence-electron chi connectivity index (χ1n) is 1.61. The smallest absolute Gasteiger partial charge is 0.162 e. The molecule has 0 fully saturated rings. The molecule has 0 spiro atoms. The van der Waals surface area contributed by atoms with Crippen molar-refractivity contribution in [1.29, 1.82) is 5.41 Å². The van der Waals surface area contributed by atoms with Crippen LogP contribution in [0.15, 0.2) is 0 Å². The van der Waals surface area contributed by atoms with Crippen LogP contribution in [0.5, 0.6) is 0 Å². The van der Waals surface area contributed by atoms with Gasteiger partial charge in [-0.1, -0.05) is 12.2 Å². The van der Waals surface area contributed by atoms with Crippen molar-refractivity contribution in [2.45, 2.75) is 0 Å². The van der Waals surface area contributed by atoms with Gasteiger partial charge in [0.05, 0.1) is 0 Å². The van der Waals surface area contributed by atoms with Gasteiger partial charge in [0.1, 0.15) is 0 Å². The minimum absolute atomic E-state index is 0. The van der Waals surface area contributed by atoms with Crippen LogP contribution >= 0.6 is 23.8 Å². The molecule has 0 aliphatic rings. The van der Waals surface area contributed by atoms with E-state index in [0.717, 1.165) is 0 Å². The minimum Gasteiger partial charge on any atom is -0.287 e. The van der Waals surface area contributed by atoms with E-state index in [-0.39, 0.29) is 22.4 Å². The summed E-state index contributed by atoms with van der Waals surface area (Å²) in [7, 11) is 0. The van der Waals surface area contributed by atoms with E-state index in [1.807, 2.05) is 0 Å². The van der Waals surface area contributed by atoms with Gasteiger partial charge in [-0.25, -0.2) is 0 Å².